The predicted octanol–water partition coefficient (Wildman–Crippen LogP) is 3.91. The van der Waals surface area contributed by atoms with E-state index in [0.717, 1.165) is 25.7 Å². The summed E-state index contributed by atoms with van der Waals surface area (Å²) in [5, 5.41) is 0.568. The minimum atomic E-state index is -1.64. The lowest BCUT2D eigenvalue weighted by atomic mass is 10.2. The number of rotatable bonds is 11. The fraction of sp³-hybridized carbons (Fsp3) is 0.588. The van der Waals surface area contributed by atoms with E-state index in [1.54, 1.807) is 24.3 Å². The Hall–Kier alpha value is -1.25. The van der Waals surface area contributed by atoms with Crippen LogP contribution in [0.1, 0.15) is 49.9 Å². The van der Waals surface area contributed by atoms with Crippen LogP contribution in [0.5, 0.6) is 0 Å². The Morgan fingerprint density at radius 2 is 1.73 bits per heavy atom. The van der Waals surface area contributed by atoms with Gasteiger partial charge in [-0.2, -0.15) is 0 Å². The third-order valence-electron chi connectivity index (χ3n) is 3.20. The fourth-order valence-corrected chi connectivity index (χ4v) is 3.09. The highest BCUT2D eigenvalue weighted by Gasteiger charge is 2.27. The maximum atomic E-state index is 12.4. The Kier molecular flexibility index (Phi) is 9.69. The molecule has 0 fully saturated rings. The van der Waals surface area contributed by atoms with Crippen LogP contribution in [-0.2, 0) is 14.0 Å². The van der Waals surface area contributed by atoms with Crippen LogP contribution in [0.3, 0.4) is 0 Å². The van der Waals surface area contributed by atoms with E-state index in [0.29, 0.717) is 36.9 Å². The van der Waals surface area contributed by atoms with Gasteiger partial charge in [0.15, 0.2) is 6.16 Å². The number of carbonyl (C=O) groups excluding carboxylic acids is 1. The van der Waals surface area contributed by atoms with Gasteiger partial charge in [0, 0.05) is 6.61 Å². The van der Waals surface area contributed by atoms with Gasteiger partial charge in [-0.05, 0) is 25.0 Å². The average Bonchev–Trinajstić information content (AvgIpc) is 2.54. The van der Waals surface area contributed by atoms with Crippen molar-refractivity contribution in [2.45, 2.75) is 39.5 Å². The van der Waals surface area contributed by atoms with Gasteiger partial charge in [0.05, 0.1) is 13.2 Å². The highest BCUT2D eigenvalue weighted by Crippen LogP contribution is 2.22. The Morgan fingerprint density at radius 3 is 2.45 bits per heavy atom. The Labute approximate surface area is 134 Å². The van der Waals surface area contributed by atoms with Gasteiger partial charge in [0.25, 0.3) is 0 Å². The maximum Gasteiger partial charge on any atom is 0.380 e. The van der Waals surface area contributed by atoms with Gasteiger partial charge in [-0.25, -0.2) is 4.79 Å². The maximum absolute atomic E-state index is 12.4. The van der Waals surface area contributed by atoms with E-state index in [1.807, 2.05) is 6.92 Å². The average molecular weight is 325 g/mol. The van der Waals surface area contributed by atoms with Crippen molar-refractivity contribution in [3.63, 3.8) is 0 Å². The zero-order valence-electron chi connectivity index (χ0n) is 13.5. The second-order valence-corrected chi connectivity index (χ2v) is 6.76. The summed E-state index contributed by atoms with van der Waals surface area (Å²) in [7, 11) is -1.64. The second kappa shape index (κ2) is 11.3. The summed E-state index contributed by atoms with van der Waals surface area (Å²) in [4.78, 5) is 12.1. The van der Waals surface area contributed by atoms with Crippen molar-refractivity contribution >= 4 is 19.1 Å². The van der Waals surface area contributed by atoms with Crippen LogP contribution in [0, 0.1) is 0 Å². The van der Waals surface area contributed by atoms with E-state index >= 15 is 0 Å². The Bertz CT molecular complexity index is 473. The van der Waals surface area contributed by atoms with Crippen LogP contribution in [0.15, 0.2) is 24.3 Å². The number of ether oxygens (including phenoxy) is 2. The van der Waals surface area contributed by atoms with E-state index in [-0.39, 0.29) is 5.97 Å². The molecule has 1 aromatic rings. The summed E-state index contributed by atoms with van der Waals surface area (Å²) in [6.07, 6.45) is 4.33. The lowest BCUT2D eigenvalue weighted by Crippen LogP contribution is -2.17. The molecule has 0 aromatic heterocycles. The normalized spacial score (nSPS) is 11.3. The minimum absolute atomic E-state index is 0.390. The van der Waals surface area contributed by atoms with Crippen molar-refractivity contribution in [1.82, 2.24) is 0 Å². The van der Waals surface area contributed by atoms with Crippen molar-refractivity contribution in [3.05, 3.63) is 29.8 Å². The zero-order chi connectivity index (χ0) is 16.2. The lowest BCUT2D eigenvalue weighted by Gasteiger charge is -2.04. The molecule has 1 rings (SSSR count). The van der Waals surface area contributed by atoms with Crippen LogP contribution < -0.4 is 5.30 Å². The Morgan fingerprint density at radius 1 is 1.05 bits per heavy atom. The van der Waals surface area contributed by atoms with Gasteiger partial charge in [-0.3, -0.25) is 0 Å². The van der Waals surface area contributed by atoms with Gasteiger partial charge in [-0.15, -0.1) is 0 Å². The largest absolute Gasteiger partial charge is 0.462 e. The smallest absolute Gasteiger partial charge is 0.380 e. The van der Waals surface area contributed by atoms with E-state index in [4.69, 9.17) is 9.47 Å². The first kappa shape index (κ1) is 18.8. The Balaban J connectivity index is 2.58. The SMILES string of the molecule is CCCCOCC[P+](=O)c1ccccc1C(=O)OCCCC. The molecule has 1 unspecified atom stereocenters. The summed E-state index contributed by atoms with van der Waals surface area (Å²) >= 11 is 0. The van der Waals surface area contributed by atoms with Crippen molar-refractivity contribution < 1.29 is 18.8 Å². The van der Waals surface area contributed by atoms with Crippen LogP contribution in [-0.4, -0.2) is 32.0 Å². The van der Waals surface area contributed by atoms with Crippen LogP contribution in [0.4, 0.5) is 0 Å². The first-order valence-electron chi connectivity index (χ1n) is 7.99. The first-order chi connectivity index (χ1) is 10.7. The molecule has 1 aromatic carbocycles. The lowest BCUT2D eigenvalue weighted by molar-refractivity contribution is 0.0501. The molecule has 0 aliphatic carbocycles. The first-order valence-corrected chi connectivity index (χ1v) is 9.43. The van der Waals surface area contributed by atoms with E-state index in [9.17, 15) is 9.36 Å². The molecule has 0 heterocycles. The highest BCUT2D eigenvalue weighted by atomic mass is 31.1. The third kappa shape index (κ3) is 6.67. The number of esters is 1. The molecule has 0 N–H and O–H groups in total. The molecular weight excluding hydrogens is 299 g/mol. The molecule has 0 saturated heterocycles. The van der Waals surface area contributed by atoms with Crippen LogP contribution in [0.25, 0.3) is 0 Å². The minimum Gasteiger partial charge on any atom is -0.462 e. The zero-order valence-corrected chi connectivity index (χ0v) is 14.4. The molecule has 0 aliphatic rings. The molecule has 22 heavy (non-hydrogen) atoms. The predicted molar refractivity (Wildman–Crippen MR) is 89.5 cm³/mol. The molecule has 122 valence electrons. The standard InChI is InChI=1S/C17H26O4P/c1-3-5-11-20-13-14-22(19)16-10-8-7-9-15(16)17(18)21-12-6-4-2/h7-10H,3-6,11-14H2,1-2H3/q+1. The molecule has 0 aliphatic heterocycles. The molecule has 1 atom stereocenters. The van der Waals surface area contributed by atoms with Crippen molar-refractivity contribution in [2.24, 2.45) is 0 Å². The van der Waals surface area contributed by atoms with Gasteiger partial charge >= 0.3 is 13.8 Å². The number of hydrogen-bond donors (Lipinski definition) is 0. The summed E-state index contributed by atoms with van der Waals surface area (Å²) in [6, 6.07) is 6.97. The third-order valence-corrected chi connectivity index (χ3v) is 4.72. The summed E-state index contributed by atoms with van der Waals surface area (Å²) in [5.74, 6) is -0.390. The molecule has 0 bridgehead atoms. The number of benzene rings is 1. The molecule has 4 nitrogen and oxygen atoms in total. The molecule has 0 amide bonds. The quantitative estimate of drug-likeness (QED) is 0.352. The molecule has 0 saturated carbocycles. The van der Waals surface area contributed by atoms with Gasteiger partial charge in [0.2, 0.25) is 5.30 Å². The highest BCUT2D eigenvalue weighted by molar-refractivity contribution is 7.53. The second-order valence-electron chi connectivity index (χ2n) is 5.07. The van der Waals surface area contributed by atoms with Crippen LogP contribution in [0.2, 0.25) is 0 Å². The van der Waals surface area contributed by atoms with Crippen molar-refractivity contribution in [2.75, 3.05) is 26.0 Å². The van der Waals surface area contributed by atoms with Crippen LogP contribution >= 0.6 is 7.80 Å². The topological polar surface area (TPSA) is 52.6 Å². The summed E-state index contributed by atoms with van der Waals surface area (Å²) in [6.45, 7) is 5.69. The van der Waals surface area contributed by atoms with Gasteiger partial charge < -0.3 is 9.47 Å². The fourth-order valence-electron chi connectivity index (χ4n) is 1.87. The van der Waals surface area contributed by atoms with E-state index < -0.39 is 7.80 Å². The molecule has 0 radical (unpaired) electrons. The van der Waals surface area contributed by atoms with Crippen molar-refractivity contribution in [1.29, 1.82) is 0 Å². The monoisotopic (exact) mass is 325 g/mol. The molecule has 0 spiro atoms. The summed E-state index contributed by atoms with van der Waals surface area (Å²) in [5.41, 5.74) is 0.410. The number of carbonyl (C=O) groups is 1. The van der Waals surface area contributed by atoms with Gasteiger partial charge in [0.1, 0.15) is 5.56 Å². The van der Waals surface area contributed by atoms with E-state index in [2.05, 4.69) is 6.92 Å². The number of hydrogen-bond acceptors (Lipinski definition) is 4. The van der Waals surface area contributed by atoms with Crippen molar-refractivity contribution in [3.8, 4) is 0 Å². The van der Waals surface area contributed by atoms with E-state index in [1.165, 1.54) is 0 Å². The number of unbranched alkanes of at least 4 members (excludes halogenated alkanes) is 2. The van der Waals surface area contributed by atoms with Gasteiger partial charge in [-0.1, -0.05) is 43.4 Å². The summed E-state index contributed by atoms with van der Waals surface area (Å²) < 4.78 is 23.1. The molecular formula is C17H26O4P+. The molecule has 5 heteroatoms.